The van der Waals surface area contributed by atoms with E-state index in [1.54, 1.807) is 0 Å². The molecule has 1 saturated carbocycles. The second-order valence-electron chi connectivity index (χ2n) is 12.5. The number of benzene rings is 1. The largest absolute Gasteiger partial charge is 0.415 e. The van der Waals surface area contributed by atoms with E-state index in [-0.39, 0.29) is 29.0 Å². The summed E-state index contributed by atoms with van der Waals surface area (Å²) in [6.45, 7) is 19.9. The van der Waals surface area contributed by atoms with Crippen LogP contribution in [0, 0.1) is 18.8 Å². The maximum Gasteiger partial charge on any atom is 0.192 e. The first-order chi connectivity index (χ1) is 15.6. The first-order valence-electron chi connectivity index (χ1n) is 12.9. The molecule has 3 rings (SSSR count). The Morgan fingerprint density at radius 2 is 1.88 bits per heavy atom. The number of aliphatic hydroxyl groups excluding tert-OH is 1. The van der Waals surface area contributed by atoms with Crippen molar-refractivity contribution in [1.82, 2.24) is 0 Å². The van der Waals surface area contributed by atoms with Crippen LogP contribution in [0.15, 0.2) is 33.5 Å². The summed E-state index contributed by atoms with van der Waals surface area (Å²) in [5.74, 6) is 0.546. The van der Waals surface area contributed by atoms with Crippen LogP contribution in [0.2, 0.25) is 18.1 Å². The molecule has 34 heavy (non-hydrogen) atoms. The van der Waals surface area contributed by atoms with E-state index in [1.165, 1.54) is 0 Å². The SMILES string of the molecule is Cc1ccc(S(=O)(C[C@@]23CCC[C@@H]2[C@H](O)[C@H](C)O3)=N[C@@H](CO[Si](C)(C)C(C)(C)C)C(C)C)cc1. The Balaban J connectivity index is 2.02. The van der Waals surface area contributed by atoms with Gasteiger partial charge in [0.1, 0.15) is 0 Å². The molecule has 0 amide bonds. The third-order valence-electron chi connectivity index (χ3n) is 8.43. The highest BCUT2D eigenvalue weighted by Crippen LogP contribution is 2.49. The summed E-state index contributed by atoms with van der Waals surface area (Å²) >= 11 is 0. The average molecular weight is 510 g/mol. The van der Waals surface area contributed by atoms with E-state index in [1.807, 2.05) is 38.1 Å². The van der Waals surface area contributed by atoms with Gasteiger partial charge in [-0.2, -0.15) is 0 Å². The van der Waals surface area contributed by atoms with Crippen LogP contribution in [0.25, 0.3) is 0 Å². The summed E-state index contributed by atoms with van der Waals surface area (Å²) in [5.41, 5.74) is 0.553. The van der Waals surface area contributed by atoms with E-state index in [0.717, 1.165) is 29.7 Å². The molecule has 194 valence electrons. The minimum absolute atomic E-state index is 0.0185. The molecular weight excluding hydrogens is 462 g/mol. The summed E-state index contributed by atoms with van der Waals surface area (Å²) in [6, 6.07) is 7.77. The van der Waals surface area contributed by atoms with E-state index in [2.05, 4.69) is 47.7 Å². The van der Waals surface area contributed by atoms with Crippen LogP contribution in [0.1, 0.15) is 66.4 Å². The zero-order valence-electron chi connectivity index (χ0n) is 22.8. The quantitative estimate of drug-likeness (QED) is 0.425. The highest BCUT2D eigenvalue weighted by atomic mass is 32.2. The van der Waals surface area contributed by atoms with Crippen molar-refractivity contribution >= 4 is 18.0 Å². The Hall–Kier alpha value is -0.733. The molecule has 1 heterocycles. The third-order valence-corrected chi connectivity index (χ3v) is 15.4. The Labute approximate surface area is 209 Å². The van der Waals surface area contributed by atoms with Gasteiger partial charge in [0.15, 0.2) is 8.32 Å². The molecule has 6 atom stereocenters. The van der Waals surface area contributed by atoms with Crippen molar-refractivity contribution in [3.05, 3.63) is 29.8 Å². The summed E-state index contributed by atoms with van der Waals surface area (Å²) < 4.78 is 33.0. The maximum atomic E-state index is 14.9. The van der Waals surface area contributed by atoms with Gasteiger partial charge in [-0.3, -0.25) is 0 Å². The lowest BCUT2D eigenvalue weighted by Gasteiger charge is -2.37. The van der Waals surface area contributed by atoms with Crippen molar-refractivity contribution in [2.75, 3.05) is 12.4 Å². The number of aliphatic hydroxyl groups is 1. The van der Waals surface area contributed by atoms with Gasteiger partial charge in [0.2, 0.25) is 0 Å². The molecule has 7 heteroatoms. The zero-order chi connectivity index (χ0) is 25.5. The third kappa shape index (κ3) is 5.64. The van der Waals surface area contributed by atoms with E-state index in [0.29, 0.717) is 12.4 Å². The molecule has 0 aromatic heterocycles. The standard InChI is InChI=1S/C27H47NO4SSi/c1-19(2)24(17-31-34(8,9)26(5,6)7)28-33(30,22-14-12-20(3)13-15-22)18-27-16-10-11-23(27)25(29)21(4)32-27/h12-15,19,21,23-25,29H,10-11,16-18H2,1-9H3/t21-,23+,24-,25+,27-,33?/m0/s1. The van der Waals surface area contributed by atoms with Gasteiger partial charge in [-0.1, -0.05) is 58.7 Å². The summed E-state index contributed by atoms with van der Waals surface area (Å²) in [6.07, 6.45) is 1.98. The molecule has 2 fully saturated rings. The lowest BCUT2D eigenvalue weighted by atomic mass is 9.90. The normalized spacial score (nSPS) is 30.3. The van der Waals surface area contributed by atoms with Gasteiger partial charge >= 0.3 is 0 Å². The van der Waals surface area contributed by atoms with Crippen molar-refractivity contribution in [2.45, 2.75) is 115 Å². The first kappa shape index (κ1) is 27.8. The Bertz CT molecular complexity index is 962. The molecule has 1 aliphatic heterocycles. The Morgan fingerprint density at radius 3 is 2.44 bits per heavy atom. The number of rotatable bonds is 8. The molecule has 1 aromatic carbocycles. The van der Waals surface area contributed by atoms with Gasteiger partial charge in [0.05, 0.1) is 45.9 Å². The fourth-order valence-corrected chi connectivity index (χ4v) is 8.79. The predicted octanol–water partition coefficient (Wildman–Crippen LogP) is 6.19. The van der Waals surface area contributed by atoms with Crippen molar-refractivity contribution < 1.29 is 18.5 Å². The monoisotopic (exact) mass is 509 g/mol. The second kappa shape index (κ2) is 9.96. The molecule has 1 saturated heterocycles. The minimum Gasteiger partial charge on any atom is -0.415 e. The number of hydrogen-bond donors (Lipinski definition) is 1. The van der Waals surface area contributed by atoms with Gasteiger partial charge in [0, 0.05) is 10.8 Å². The number of nitrogens with zero attached hydrogens (tertiary/aromatic N) is 1. The van der Waals surface area contributed by atoms with Crippen LogP contribution in [-0.2, 0) is 18.9 Å². The fraction of sp³-hybridized carbons (Fsp3) is 0.778. The minimum atomic E-state index is -2.80. The van der Waals surface area contributed by atoms with Gasteiger partial charge in [0.25, 0.3) is 0 Å². The predicted molar refractivity (Wildman–Crippen MR) is 143 cm³/mol. The number of aryl methyl sites for hydroxylation is 1. The highest BCUT2D eigenvalue weighted by molar-refractivity contribution is 7.93. The second-order valence-corrected chi connectivity index (χ2v) is 19.5. The Morgan fingerprint density at radius 1 is 1.26 bits per heavy atom. The molecule has 5 nitrogen and oxygen atoms in total. The Kier molecular flexibility index (Phi) is 8.16. The first-order valence-corrected chi connectivity index (χ1v) is 17.5. The smallest absolute Gasteiger partial charge is 0.192 e. The molecule has 0 bridgehead atoms. The number of ether oxygens (including phenoxy) is 1. The highest BCUT2D eigenvalue weighted by Gasteiger charge is 2.57. The van der Waals surface area contributed by atoms with Crippen molar-refractivity contribution in [3.63, 3.8) is 0 Å². The van der Waals surface area contributed by atoms with Crippen LogP contribution >= 0.6 is 0 Å². The van der Waals surface area contributed by atoms with Gasteiger partial charge in [-0.05, 0) is 62.9 Å². The number of hydrogen-bond acceptors (Lipinski definition) is 5. The van der Waals surface area contributed by atoms with Crippen molar-refractivity contribution in [1.29, 1.82) is 0 Å². The summed E-state index contributed by atoms with van der Waals surface area (Å²) in [4.78, 5) is 0.758. The van der Waals surface area contributed by atoms with Gasteiger partial charge < -0.3 is 14.3 Å². The molecule has 2 aliphatic rings. The average Bonchev–Trinajstić information content (AvgIpc) is 3.21. The molecule has 0 radical (unpaired) electrons. The van der Waals surface area contributed by atoms with E-state index < -0.39 is 29.8 Å². The van der Waals surface area contributed by atoms with Gasteiger partial charge in [-0.25, -0.2) is 8.57 Å². The molecule has 0 spiro atoms. The van der Waals surface area contributed by atoms with Gasteiger partial charge in [-0.15, -0.1) is 0 Å². The van der Waals surface area contributed by atoms with Crippen LogP contribution in [0.3, 0.4) is 0 Å². The summed E-state index contributed by atoms with van der Waals surface area (Å²) in [7, 11) is -4.76. The van der Waals surface area contributed by atoms with Crippen LogP contribution < -0.4 is 0 Å². The summed E-state index contributed by atoms with van der Waals surface area (Å²) in [5, 5.41) is 10.9. The molecular formula is C27H47NO4SSi. The lowest BCUT2D eigenvalue weighted by molar-refractivity contribution is -0.0335. The molecule has 1 aromatic rings. The molecule has 1 unspecified atom stereocenters. The van der Waals surface area contributed by atoms with Crippen LogP contribution in [-0.4, -0.2) is 53.8 Å². The molecule has 1 N–H and O–H groups in total. The topological polar surface area (TPSA) is 68.1 Å². The van der Waals surface area contributed by atoms with Crippen molar-refractivity contribution in [2.24, 2.45) is 16.2 Å². The maximum absolute atomic E-state index is 14.9. The fourth-order valence-electron chi connectivity index (χ4n) is 5.02. The van der Waals surface area contributed by atoms with Crippen LogP contribution in [0.4, 0.5) is 0 Å². The van der Waals surface area contributed by atoms with E-state index in [4.69, 9.17) is 13.5 Å². The zero-order valence-corrected chi connectivity index (χ0v) is 24.6. The van der Waals surface area contributed by atoms with Crippen molar-refractivity contribution in [3.8, 4) is 0 Å². The molecule has 1 aliphatic carbocycles. The van der Waals surface area contributed by atoms with E-state index in [9.17, 15) is 9.32 Å². The number of fused-ring (bicyclic) bond motifs is 1. The lowest BCUT2D eigenvalue weighted by Crippen LogP contribution is -2.44. The van der Waals surface area contributed by atoms with Crippen LogP contribution in [0.5, 0.6) is 0 Å². The van der Waals surface area contributed by atoms with E-state index >= 15 is 0 Å².